The van der Waals surface area contributed by atoms with Crippen LogP contribution in [0.2, 0.25) is 0 Å². The summed E-state index contributed by atoms with van der Waals surface area (Å²) in [6.45, 7) is 10.7. The van der Waals surface area contributed by atoms with Gasteiger partial charge in [0.25, 0.3) is 0 Å². The predicted molar refractivity (Wildman–Crippen MR) is 102 cm³/mol. The molecular weight excluding hydrogens is 352 g/mol. The second-order valence-electron chi connectivity index (χ2n) is 8.24. The lowest BCUT2D eigenvalue weighted by Gasteiger charge is -2.34. The number of amides is 2. The Morgan fingerprint density at radius 1 is 1.15 bits per heavy atom. The molecule has 26 heavy (non-hydrogen) atoms. The van der Waals surface area contributed by atoms with Crippen LogP contribution in [0.1, 0.15) is 58.8 Å². The van der Waals surface area contributed by atoms with E-state index in [1.165, 1.54) is 5.01 Å². The van der Waals surface area contributed by atoms with Crippen molar-refractivity contribution in [3.63, 3.8) is 0 Å². The minimum Gasteiger partial charge on any atom is -0.443 e. The zero-order valence-electron chi connectivity index (χ0n) is 16.2. The fraction of sp³-hybridized carbons (Fsp3) is 0.579. The zero-order chi connectivity index (χ0) is 19.5. The van der Waals surface area contributed by atoms with Gasteiger partial charge in [-0.15, -0.1) is 11.3 Å². The van der Waals surface area contributed by atoms with Crippen LogP contribution in [0.25, 0.3) is 0 Å². The van der Waals surface area contributed by atoms with Crippen molar-refractivity contribution in [3.05, 3.63) is 34.5 Å². The van der Waals surface area contributed by atoms with Crippen LogP contribution in [0, 0.1) is 0 Å². The van der Waals surface area contributed by atoms with Crippen LogP contribution in [0.15, 0.2) is 29.7 Å². The molecule has 144 valence electrons. The van der Waals surface area contributed by atoms with E-state index >= 15 is 0 Å². The van der Waals surface area contributed by atoms with Crippen molar-refractivity contribution < 1.29 is 19.1 Å². The van der Waals surface area contributed by atoms with Gasteiger partial charge in [0.15, 0.2) is 0 Å². The number of rotatable bonds is 2. The largest absolute Gasteiger partial charge is 0.443 e. The summed E-state index contributed by atoms with van der Waals surface area (Å²) in [7, 11) is 0. The molecular formula is C19H28N2O4S. The van der Waals surface area contributed by atoms with E-state index in [2.05, 4.69) is 11.5 Å². The summed E-state index contributed by atoms with van der Waals surface area (Å²) in [5.41, 5.74) is 1.26. The molecule has 2 rings (SSSR count). The van der Waals surface area contributed by atoms with Gasteiger partial charge >= 0.3 is 12.2 Å². The average Bonchev–Trinajstić information content (AvgIpc) is 3.11. The van der Waals surface area contributed by atoms with Gasteiger partial charge < -0.3 is 9.47 Å². The summed E-state index contributed by atoms with van der Waals surface area (Å²) in [5.74, 6) is -0.00236. The molecule has 1 aliphatic rings. The SMILES string of the molecule is CC(C)(C)OC(=O)NN(C(=O)OC(C)(C)C)[C@H]1CC=C[C@@H]1c1cccs1. The Kier molecular flexibility index (Phi) is 6.01. The number of thiophene rings is 1. The number of nitrogens with zero attached hydrogens (tertiary/aromatic N) is 1. The number of ether oxygens (including phenoxy) is 2. The number of carbonyl (C=O) groups excluding carboxylic acids is 2. The molecule has 0 bridgehead atoms. The topological polar surface area (TPSA) is 67.9 Å². The molecule has 1 N–H and O–H groups in total. The maximum Gasteiger partial charge on any atom is 0.429 e. The molecule has 0 spiro atoms. The Morgan fingerprint density at radius 3 is 2.35 bits per heavy atom. The van der Waals surface area contributed by atoms with Crippen molar-refractivity contribution in [2.24, 2.45) is 0 Å². The number of nitrogens with one attached hydrogen (secondary N) is 1. The highest BCUT2D eigenvalue weighted by atomic mass is 32.1. The first-order chi connectivity index (χ1) is 12.0. The van der Waals surface area contributed by atoms with E-state index in [9.17, 15) is 9.59 Å². The highest BCUT2D eigenvalue weighted by Gasteiger charge is 2.37. The Morgan fingerprint density at radius 2 is 1.81 bits per heavy atom. The van der Waals surface area contributed by atoms with Crippen LogP contribution < -0.4 is 5.43 Å². The van der Waals surface area contributed by atoms with Crippen molar-refractivity contribution in [3.8, 4) is 0 Å². The van der Waals surface area contributed by atoms with Gasteiger partial charge in [-0.2, -0.15) is 0 Å². The van der Waals surface area contributed by atoms with Crippen molar-refractivity contribution in [1.82, 2.24) is 10.4 Å². The minimum atomic E-state index is -0.680. The standard InChI is InChI=1S/C19H28N2O4S/c1-18(2,3)24-16(22)20-21(17(23)25-19(4,5)6)14-10-7-9-13(14)15-11-8-12-26-15/h7-9,11-14H,10H2,1-6H3,(H,20,22)/t13-,14-/m0/s1. The van der Waals surface area contributed by atoms with E-state index in [4.69, 9.17) is 9.47 Å². The second kappa shape index (κ2) is 7.70. The monoisotopic (exact) mass is 380 g/mol. The number of hydrogen-bond acceptors (Lipinski definition) is 5. The first kappa shape index (κ1) is 20.3. The Hall–Kier alpha value is -2.02. The minimum absolute atomic E-state index is 0.00236. The molecule has 2 atom stereocenters. The zero-order valence-corrected chi connectivity index (χ0v) is 17.1. The summed E-state index contributed by atoms with van der Waals surface area (Å²) >= 11 is 1.62. The van der Waals surface area contributed by atoms with E-state index in [0.717, 1.165) is 4.88 Å². The summed E-state index contributed by atoms with van der Waals surface area (Å²) in [6.07, 6.45) is 3.42. The molecule has 0 saturated carbocycles. The molecule has 6 nitrogen and oxygen atoms in total. The lowest BCUT2D eigenvalue weighted by atomic mass is 10.0. The highest BCUT2D eigenvalue weighted by Crippen LogP contribution is 2.35. The second-order valence-corrected chi connectivity index (χ2v) is 9.22. The van der Waals surface area contributed by atoms with Crippen LogP contribution >= 0.6 is 11.3 Å². The van der Waals surface area contributed by atoms with Crippen LogP contribution in [0.5, 0.6) is 0 Å². The maximum absolute atomic E-state index is 12.8. The lowest BCUT2D eigenvalue weighted by molar-refractivity contribution is -0.00989. The first-order valence-electron chi connectivity index (χ1n) is 8.68. The molecule has 0 unspecified atom stereocenters. The predicted octanol–water partition coefficient (Wildman–Crippen LogP) is 4.84. The molecule has 7 heteroatoms. The molecule has 2 amide bonds. The Balaban J connectivity index is 2.22. The van der Waals surface area contributed by atoms with Gasteiger partial charge in [-0.25, -0.2) is 20.0 Å². The van der Waals surface area contributed by atoms with Gasteiger partial charge in [-0.1, -0.05) is 18.2 Å². The Bertz CT molecular complexity index is 656. The van der Waals surface area contributed by atoms with Crippen molar-refractivity contribution in [2.45, 2.75) is 71.1 Å². The number of hydrazine groups is 1. The van der Waals surface area contributed by atoms with Crippen molar-refractivity contribution in [1.29, 1.82) is 0 Å². The van der Waals surface area contributed by atoms with E-state index in [-0.39, 0.29) is 12.0 Å². The molecule has 1 heterocycles. The third kappa shape index (κ3) is 5.76. The van der Waals surface area contributed by atoms with Crippen LogP contribution in [0.3, 0.4) is 0 Å². The molecule has 0 aliphatic heterocycles. The third-order valence-corrected chi connectivity index (χ3v) is 4.51. The molecule has 1 aliphatic carbocycles. The van der Waals surface area contributed by atoms with Crippen molar-refractivity contribution >= 4 is 23.5 Å². The molecule has 1 aromatic rings. The average molecular weight is 381 g/mol. The number of hydrogen-bond donors (Lipinski definition) is 1. The van der Waals surface area contributed by atoms with Gasteiger partial charge in [0.1, 0.15) is 11.2 Å². The Labute approximate surface area is 159 Å². The van der Waals surface area contributed by atoms with E-state index in [1.54, 1.807) is 52.9 Å². The van der Waals surface area contributed by atoms with Gasteiger partial charge in [0, 0.05) is 10.8 Å². The van der Waals surface area contributed by atoms with Gasteiger partial charge in [-0.05, 0) is 59.4 Å². The fourth-order valence-corrected chi connectivity index (χ4v) is 3.51. The number of carbonyl (C=O) groups is 2. The summed E-state index contributed by atoms with van der Waals surface area (Å²) in [6, 6.07) is 3.73. The normalized spacial score (nSPS) is 19.9. The van der Waals surface area contributed by atoms with Gasteiger partial charge in [0.05, 0.1) is 6.04 Å². The quantitative estimate of drug-likeness (QED) is 0.589. The molecule has 0 saturated heterocycles. The van der Waals surface area contributed by atoms with E-state index in [0.29, 0.717) is 6.42 Å². The highest BCUT2D eigenvalue weighted by molar-refractivity contribution is 7.10. The summed E-state index contributed by atoms with van der Waals surface area (Å²) < 4.78 is 10.8. The van der Waals surface area contributed by atoms with E-state index < -0.39 is 23.4 Å². The smallest absolute Gasteiger partial charge is 0.429 e. The van der Waals surface area contributed by atoms with Gasteiger partial charge in [-0.3, -0.25) is 0 Å². The first-order valence-corrected chi connectivity index (χ1v) is 9.56. The summed E-state index contributed by atoms with van der Waals surface area (Å²) in [5, 5.41) is 3.27. The molecule has 0 fully saturated rings. The third-order valence-electron chi connectivity index (χ3n) is 3.54. The molecule has 1 aromatic heterocycles. The molecule has 0 aromatic carbocycles. The summed E-state index contributed by atoms with van der Waals surface area (Å²) in [4.78, 5) is 26.2. The lowest BCUT2D eigenvalue weighted by Crippen LogP contribution is -2.55. The van der Waals surface area contributed by atoms with Crippen LogP contribution in [0.4, 0.5) is 9.59 Å². The van der Waals surface area contributed by atoms with Gasteiger partial charge in [0.2, 0.25) is 0 Å². The van der Waals surface area contributed by atoms with Crippen molar-refractivity contribution in [2.75, 3.05) is 0 Å². The fourth-order valence-electron chi connectivity index (χ4n) is 2.65. The van der Waals surface area contributed by atoms with Crippen LogP contribution in [-0.2, 0) is 9.47 Å². The van der Waals surface area contributed by atoms with E-state index in [1.807, 2.05) is 23.6 Å². The molecule has 0 radical (unpaired) electrons. The maximum atomic E-state index is 12.8. The van der Waals surface area contributed by atoms with Crippen LogP contribution in [-0.4, -0.2) is 34.4 Å².